The van der Waals surface area contributed by atoms with Crippen molar-refractivity contribution >= 4 is 12.0 Å². The van der Waals surface area contributed by atoms with E-state index in [-0.39, 0.29) is 17.9 Å². The molecule has 0 spiro atoms. The van der Waals surface area contributed by atoms with Crippen LogP contribution in [-0.2, 0) is 9.53 Å². The van der Waals surface area contributed by atoms with Crippen LogP contribution in [0, 0.1) is 5.92 Å². The summed E-state index contributed by atoms with van der Waals surface area (Å²) in [5, 5.41) is 5.77. The van der Waals surface area contributed by atoms with E-state index in [1.165, 1.54) is 18.4 Å². The van der Waals surface area contributed by atoms with Crippen LogP contribution in [0.2, 0.25) is 0 Å². The van der Waals surface area contributed by atoms with Gasteiger partial charge in [0, 0.05) is 13.0 Å². The molecule has 0 aliphatic heterocycles. The van der Waals surface area contributed by atoms with Crippen LogP contribution < -0.4 is 10.6 Å². The van der Waals surface area contributed by atoms with E-state index in [1.54, 1.807) is 0 Å². The summed E-state index contributed by atoms with van der Waals surface area (Å²) in [6.07, 6.45) is 6.71. The Kier molecular flexibility index (Phi) is 7.59. The Balaban J connectivity index is 2.41. The fourth-order valence-corrected chi connectivity index (χ4v) is 2.47. The summed E-state index contributed by atoms with van der Waals surface area (Å²) in [5.74, 6) is 0.228. The number of alkyl carbamates (subject to hydrolysis) is 1. The van der Waals surface area contributed by atoms with Crippen LogP contribution in [0.25, 0.3) is 0 Å². The van der Waals surface area contributed by atoms with E-state index < -0.39 is 11.7 Å². The van der Waals surface area contributed by atoms with Gasteiger partial charge in [0.05, 0.1) is 6.04 Å². The highest BCUT2D eigenvalue weighted by atomic mass is 16.6. The molecule has 0 saturated heterocycles. The Morgan fingerprint density at radius 3 is 2.48 bits per heavy atom. The molecule has 0 aromatic carbocycles. The van der Waals surface area contributed by atoms with Crippen molar-refractivity contribution in [1.82, 2.24) is 10.6 Å². The first-order valence-electron chi connectivity index (χ1n) is 8.61. The highest BCUT2D eigenvalue weighted by Crippen LogP contribution is 2.19. The number of hydrogen-bond donors (Lipinski definition) is 2. The fraction of sp³-hybridized carbons (Fsp3) is 0.778. The second-order valence-corrected chi connectivity index (χ2v) is 7.59. The molecule has 1 unspecified atom stereocenters. The van der Waals surface area contributed by atoms with Gasteiger partial charge in [-0.3, -0.25) is 4.79 Å². The Morgan fingerprint density at radius 1 is 1.26 bits per heavy atom. The molecule has 1 aliphatic carbocycles. The molecule has 1 atom stereocenters. The zero-order valence-electron chi connectivity index (χ0n) is 15.2. The number of carbonyl (C=O) groups excluding carboxylic acids is 2. The number of rotatable bonds is 6. The average Bonchev–Trinajstić information content (AvgIpc) is 2.42. The molecule has 1 aliphatic rings. The van der Waals surface area contributed by atoms with Gasteiger partial charge in [0.1, 0.15) is 5.60 Å². The lowest BCUT2D eigenvalue weighted by Gasteiger charge is -2.26. The smallest absolute Gasteiger partial charge is 0.407 e. The predicted octanol–water partition coefficient (Wildman–Crippen LogP) is 3.54. The van der Waals surface area contributed by atoms with Crippen LogP contribution in [0.5, 0.6) is 0 Å². The summed E-state index contributed by atoms with van der Waals surface area (Å²) in [6, 6.07) is -0.144. The van der Waals surface area contributed by atoms with Crippen molar-refractivity contribution in [1.29, 1.82) is 0 Å². The van der Waals surface area contributed by atoms with Crippen molar-refractivity contribution in [3.63, 3.8) is 0 Å². The van der Waals surface area contributed by atoms with Crippen LogP contribution in [0.3, 0.4) is 0 Å². The minimum atomic E-state index is -0.525. The minimum absolute atomic E-state index is 0.0230. The Labute approximate surface area is 140 Å². The molecule has 23 heavy (non-hydrogen) atoms. The molecule has 0 aromatic heterocycles. The molecule has 0 aromatic rings. The third-order valence-corrected chi connectivity index (χ3v) is 3.80. The summed E-state index contributed by atoms with van der Waals surface area (Å²) in [7, 11) is 0. The number of carbonyl (C=O) groups is 2. The largest absolute Gasteiger partial charge is 0.444 e. The van der Waals surface area contributed by atoms with E-state index in [2.05, 4.69) is 16.7 Å². The summed E-state index contributed by atoms with van der Waals surface area (Å²) < 4.78 is 5.27. The van der Waals surface area contributed by atoms with Gasteiger partial charge in [-0.1, -0.05) is 25.5 Å². The molecule has 0 heterocycles. The third kappa shape index (κ3) is 8.62. The van der Waals surface area contributed by atoms with Crippen LogP contribution in [0.15, 0.2) is 11.6 Å². The maximum Gasteiger partial charge on any atom is 0.407 e. The lowest BCUT2D eigenvalue weighted by atomic mass is 9.97. The molecule has 1 rings (SSSR count). The fourth-order valence-electron chi connectivity index (χ4n) is 2.47. The van der Waals surface area contributed by atoms with E-state index in [0.29, 0.717) is 13.0 Å². The molecule has 0 radical (unpaired) electrons. The normalized spacial score (nSPS) is 16.5. The molecule has 0 saturated carbocycles. The number of amides is 2. The topological polar surface area (TPSA) is 67.4 Å². The molecular formula is C18H32N2O3. The van der Waals surface area contributed by atoms with Gasteiger partial charge in [-0.15, -0.1) is 0 Å². The Hall–Kier alpha value is -1.52. The van der Waals surface area contributed by atoms with Crippen molar-refractivity contribution in [3.8, 4) is 0 Å². The maximum absolute atomic E-state index is 12.1. The molecule has 2 N–H and O–H groups in total. The van der Waals surface area contributed by atoms with E-state index in [4.69, 9.17) is 4.74 Å². The summed E-state index contributed by atoms with van der Waals surface area (Å²) in [5.41, 5.74) is 0.706. The predicted molar refractivity (Wildman–Crippen MR) is 92.2 cm³/mol. The standard InChI is InChI=1S/C18H32N2O3/c1-13(2)15(20-17(22)23-18(3,4)5)12-19-16(21)11-14-9-7-6-8-10-14/h9,13,15H,6-8,10-12H2,1-5H3,(H,19,21)(H,20,22). The van der Waals surface area contributed by atoms with Gasteiger partial charge in [-0.2, -0.15) is 0 Å². The van der Waals surface area contributed by atoms with Gasteiger partial charge in [0.25, 0.3) is 0 Å². The summed E-state index contributed by atoms with van der Waals surface area (Å²) in [4.78, 5) is 23.9. The SMILES string of the molecule is CC(C)C(CNC(=O)CC1=CCCCC1)NC(=O)OC(C)(C)C. The van der Waals surface area contributed by atoms with Crippen molar-refractivity contribution in [2.75, 3.05) is 6.54 Å². The van der Waals surface area contributed by atoms with E-state index in [9.17, 15) is 9.59 Å². The Morgan fingerprint density at radius 2 is 1.96 bits per heavy atom. The number of allylic oxidation sites excluding steroid dienone is 1. The van der Waals surface area contributed by atoms with Gasteiger partial charge in [0.15, 0.2) is 0 Å². The first-order chi connectivity index (χ1) is 10.7. The lowest BCUT2D eigenvalue weighted by molar-refractivity contribution is -0.120. The number of nitrogens with one attached hydrogen (secondary N) is 2. The third-order valence-electron chi connectivity index (χ3n) is 3.80. The van der Waals surface area contributed by atoms with Gasteiger partial charge in [0.2, 0.25) is 5.91 Å². The number of hydrogen-bond acceptors (Lipinski definition) is 3. The van der Waals surface area contributed by atoms with E-state index >= 15 is 0 Å². The van der Waals surface area contributed by atoms with Crippen molar-refractivity contribution < 1.29 is 14.3 Å². The number of ether oxygens (including phenoxy) is 1. The average molecular weight is 324 g/mol. The van der Waals surface area contributed by atoms with Gasteiger partial charge < -0.3 is 15.4 Å². The summed E-state index contributed by atoms with van der Waals surface area (Å²) in [6.45, 7) is 9.93. The van der Waals surface area contributed by atoms with Crippen LogP contribution in [0.4, 0.5) is 4.79 Å². The quantitative estimate of drug-likeness (QED) is 0.734. The second-order valence-electron chi connectivity index (χ2n) is 7.59. The van der Waals surface area contributed by atoms with Gasteiger partial charge >= 0.3 is 6.09 Å². The molecule has 132 valence electrons. The van der Waals surface area contributed by atoms with E-state index in [0.717, 1.165) is 12.8 Å². The van der Waals surface area contributed by atoms with Crippen LogP contribution in [0.1, 0.15) is 66.7 Å². The molecular weight excluding hydrogens is 292 g/mol. The van der Waals surface area contributed by atoms with Gasteiger partial charge in [-0.25, -0.2) is 4.79 Å². The first kappa shape index (κ1) is 19.5. The van der Waals surface area contributed by atoms with Gasteiger partial charge in [-0.05, 0) is 52.4 Å². The highest BCUT2D eigenvalue weighted by Gasteiger charge is 2.22. The minimum Gasteiger partial charge on any atom is -0.444 e. The Bertz CT molecular complexity index is 436. The molecule has 0 bridgehead atoms. The summed E-state index contributed by atoms with van der Waals surface area (Å²) >= 11 is 0. The molecule has 5 heteroatoms. The van der Waals surface area contributed by atoms with Crippen molar-refractivity contribution in [2.24, 2.45) is 5.92 Å². The second kappa shape index (κ2) is 8.94. The molecule has 2 amide bonds. The van der Waals surface area contributed by atoms with Crippen LogP contribution >= 0.6 is 0 Å². The van der Waals surface area contributed by atoms with Crippen LogP contribution in [-0.4, -0.2) is 30.2 Å². The van der Waals surface area contributed by atoms with Crippen molar-refractivity contribution in [2.45, 2.75) is 78.4 Å². The zero-order valence-corrected chi connectivity index (χ0v) is 15.2. The lowest BCUT2D eigenvalue weighted by Crippen LogP contribution is -2.48. The zero-order chi connectivity index (χ0) is 17.5. The maximum atomic E-state index is 12.1. The first-order valence-corrected chi connectivity index (χ1v) is 8.61. The highest BCUT2D eigenvalue weighted by molar-refractivity contribution is 5.78. The van der Waals surface area contributed by atoms with E-state index in [1.807, 2.05) is 34.6 Å². The monoisotopic (exact) mass is 324 g/mol. The molecule has 0 fully saturated rings. The van der Waals surface area contributed by atoms with Crippen molar-refractivity contribution in [3.05, 3.63) is 11.6 Å². The molecule has 5 nitrogen and oxygen atoms in total.